The van der Waals surface area contributed by atoms with Crippen molar-refractivity contribution in [3.05, 3.63) is 9.47 Å². The third kappa shape index (κ3) is 2.99. The summed E-state index contributed by atoms with van der Waals surface area (Å²) < 4.78 is 0.313. The number of nitrogens with zero attached hydrogens (tertiary/aromatic N) is 4. The van der Waals surface area contributed by atoms with Crippen molar-refractivity contribution in [3.63, 3.8) is 0 Å². The van der Waals surface area contributed by atoms with Gasteiger partial charge in [0.05, 0.1) is 0 Å². The normalized spacial score (nSPS) is 17.9. The van der Waals surface area contributed by atoms with E-state index < -0.39 is 0 Å². The highest BCUT2D eigenvalue weighted by molar-refractivity contribution is 7.17. The van der Waals surface area contributed by atoms with Crippen LogP contribution in [0.2, 0.25) is 4.47 Å². The van der Waals surface area contributed by atoms with E-state index in [4.69, 9.17) is 11.6 Å². The summed E-state index contributed by atoms with van der Waals surface area (Å²) in [5, 5.41) is 7.84. The number of hydrogen-bond acceptors (Lipinski definition) is 5. The zero-order chi connectivity index (χ0) is 13.1. The van der Waals surface area contributed by atoms with Crippen molar-refractivity contribution in [2.45, 2.75) is 25.8 Å². The van der Waals surface area contributed by atoms with Crippen molar-refractivity contribution in [2.75, 3.05) is 26.7 Å². The van der Waals surface area contributed by atoms with Gasteiger partial charge in [-0.25, -0.2) is 0 Å². The Morgan fingerprint density at radius 2 is 2.17 bits per heavy atom. The molecule has 0 radical (unpaired) electrons. The standard InChI is InChI=1S/C11H17ClN4OS/c1-3-16-6-4-8(5-7-16)15(2)10(17)9-13-14-11(12)18-9/h8H,3-7H2,1-2H3. The van der Waals surface area contributed by atoms with E-state index in [1.807, 2.05) is 7.05 Å². The van der Waals surface area contributed by atoms with Crippen LogP contribution in [-0.4, -0.2) is 58.6 Å². The van der Waals surface area contributed by atoms with Crippen LogP contribution in [0.1, 0.15) is 29.6 Å². The number of amides is 1. The summed E-state index contributed by atoms with van der Waals surface area (Å²) in [5.41, 5.74) is 0. The highest BCUT2D eigenvalue weighted by atomic mass is 35.5. The molecule has 1 aromatic heterocycles. The van der Waals surface area contributed by atoms with Crippen LogP contribution in [0.25, 0.3) is 0 Å². The second kappa shape index (κ2) is 5.95. The van der Waals surface area contributed by atoms with Crippen molar-refractivity contribution in [1.82, 2.24) is 20.0 Å². The Balaban J connectivity index is 1.95. The molecule has 0 bridgehead atoms. The van der Waals surface area contributed by atoms with E-state index in [0.29, 0.717) is 15.5 Å². The van der Waals surface area contributed by atoms with Gasteiger partial charge in [0.1, 0.15) is 0 Å². The van der Waals surface area contributed by atoms with Gasteiger partial charge in [0.15, 0.2) is 0 Å². The van der Waals surface area contributed by atoms with Gasteiger partial charge in [-0.1, -0.05) is 18.3 Å². The zero-order valence-electron chi connectivity index (χ0n) is 10.6. The van der Waals surface area contributed by atoms with E-state index in [1.54, 1.807) is 4.90 Å². The Hall–Kier alpha value is -0.720. The maximum atomic E-state index is 12.2. The van der Waals surface area contributed by atoms with Gasteiger partial charge in [-0.05, 0) is 31.0 Å². The lowest BCUT2D eigenvalue weighted by Crippen LogP contribution is -2.45. The summed E-state index contributed by atoms with van der Waals surface area (Å²) in [6.07, 6.45) is 2.03. The number of piperidine rings is 1. The Kier molecular flexibility index (Phi) is 4.53. The number of likely N-dealkylation sites (tertiary alicyclic amines) is 1. The fourth-order valence-electron chi connectivity index (χ4n) is 2.23. The van der Waals surface area contributed by atoms with Gasteiger partial charge < -0.3 is 9.80 Å². The average Bonchev–Trinajstić information content (AvgIpc) is 2.84. The minimum atomic E-state index is -0.0747. The molecule has 0 aliphatic carbocycles. The third-order valence-electron chi connectivity index (χ3n) is 3.46. The third-order valence-corrected chi connectivity index (χ3v) is 4.46. The summed E-state index contributed by atoms with van der Waals surface area (Å²) >= 11 is 6.84. The first-order chi connectivity index (χ1) is 8.61. The van der Waals surface area contributed by atoms with Crippen LogP contribution >= 0.6 is 22.9 Å². The zero-order valence-corrected chi connectivity index (χ0v) is 12.2. The molecule has 2 rings (SSSR count). The lowest BCUT2D eigenvalue weighted by Gasteiger charge is -2.35. The lowest BCUT2D eigenvalue weighted by molar-refractivity contribution is 0.0645. The molecule has 0 aromatic carbocycles. The summed E-state index contributed by atoms with van der Waals surface area (Å²) in [6.45, 7) is 5.35. The van der Waals surface area contributed by atoms with Crippen LogP contribution in [0.4, 0.5) is 0 Å². The molecule has 1 saturated heterocycles. The van der Waals surface area contributed by atoms with Crippen LogP contribution in [0.5, 0.6) is 0 Å². The minimum Gasteiger partial charge on any atom is -0.337 e. The van der Waals surface area contributed by atoms with Crippen LogP contribution in [-0.2, 0) is 0 Å². The molecule has 100 valence electrons. The molecule has 1 amide bonds. The van der Waals surface area contributed by atoms with Gasteiger partial charge in [0, 0.05) is 26.2 Å². The van der Waals surface area contributed by atoms with E-state index in [0.717, 1.165) is 43.8 Å². The Morgan fingerprint density at radius 3 is 2.67 bits per heavy atom. The molecule has 5 nitrogen and oxygen atoms in total. The number of carbonyl (C=O) groups excluding carboxylic acids is 1. The largest absolute Gasteiger partial charge is 0.337 e. The second-order valence-electron chi connectivity index (χ2n) is 4.44. The summed E-state index contributed by atoms with van der Waals surface area (Å²) in [7, 11) is 1.84. The minimum absolute atomic E-state index is 0.0747. The fourth-order valence-corrected chi connectivity index (χ4v) is 3.04. The van der Waals surface area contributed by atoms with Crippen molar-refractivity contribution in [2.24, 2.45) is 0 Å². The van der Waals surface area contributed by atoms with Gasteiger partial charge >= 0.3 is 0 Å². The Bertz CT molecular complexity index is 417. The molecule has 7 heteroatoms. The summed E-state index contributed by atoms with van der Waals surface area (Å²) in [5.74, 6) is -0.0747. The molecule has 0 unspecified atom stereocenters. The van der Waals surface area contributed by atoms with Crippen molar-refractivity contribution in [1.29, 1.82) is 0 Å². The van der Waals surface area contributed by atoms with E-state index in [9.17, 15) is 4.79 Å². The maximum absolute atomic E-state index is 12.2. The van der Waals surface area contributed by atoms with Crippen molar-refractivity contribution < 1.29 is 4.79 Å². The van der Waals surface area contributed by atoms with Crippen LogP contribution < -0.4 is 0 Å². The second-order valence-corrected chi connectivity index (χ2v) is 6.00. The Morgan fingerprint density at radius 1 is 1.50 bits per heavy atom. The molecule has 1 aromatic rings. The maximum Gasteiger partial charge on any atom is 0.284 e. The SMILES string of the molecule is CCN1CCC(N(C)C(=O)c2nnc(Cl)s2)CC1. The molecular weight excluding hydrogens is 272 g/mol. The molecule has 0 spiro atoms. The molecule has 0 atom stereocenters. The number of rotatable bonds is 3. The molecule has 0 saturated carbocycles. The van der Waals surface area contributed by atoms with Crippen LogP contribution in [0.3, 0.4) is 0 Å². The van der Waals surface area contributed by atoms with Crippen molar-refractivity contribution >= 4 is 28.8 Å². The fraction of sp³-hybridized carbons (Fsp3) is 0.727. The highest BCUT2D eigenvalue weighted by Crippen LogP contribution is 2.20. The first kappa shape index (κ1) is 13.7. The number of hydrogen-bond donors (Lipinski definition) is 0. The number of carbonyl (C=O) groups is 1. The van der Waals surface area contributed by atoms with Gasteiger partial charge in [-0.15, -0.1) is 10.2 Å². The summed E-state index contributed by atoms with van der Waals surface area (Å²) in [4.78, 5) is 16.4. The van der Waals surface area contributed by atoms with E-state index >= 15 is 0 Å². The van der Waals surface area contributed by atoms with Crippen molar-refractivity contribution in [3.8, 4) is 0 Å². The van der Waals surface area contributed by atoms with E-state index in [-0.39, 0.29) is 5.91 Å². The molecule has 2 heterocycles. The van der Waals surface area contributed by atoms with Gasteiger partial charge in [0.25, 0.3) is 5.91 Å². The first-order valence-corrected chi connectivity index (χ1v) is 7.29. The molecule has 1 aliphatic rings. The van der Waals surface area contributed by atoms with Gasteiger partial charge in [-0.3, -0.25) is 4.79 Å². The van der Waals surface area contributed by atoms with Crippen LogP contribution in [0, 0.1) is 0 Å². The Labute approximate surface area is 116 Å². The molecular formula is C11H17ClN4OS. The quantitative estimate of drug-likeness (QED) is 0.850. The van der Waals surface area contributed by atoms with E-state index in [2.05, 4.69) is 22.0 Å². The molecule has 18 heavy (non-hydrogen) atoms. The smallest absolute Gasteiger partial charge is 0.284 e. The molecule has 0 N–H and O–H groups in total. The average molecular weight is 289 g/mol. The number of halogens is 1. The summed E-state index contributed by atoms with van der Waals surface area (Å²) in [6, 6.07) is 0.294. The molecule has 1 aliphatic heterocycles. The monoisotopic (exact) mass is 288 g/mol. The predicted molar refractivity (Wildman–Crippen MR) is 72.1 cm³/mol. The highest BCUT2D eigenvalue weighted by Gasteiger charge is 2.27. The molecule has 1 fully saturated rings. The van der Waals surface area contributed by atoms with Gasteiger partial charge in [-0.2, -0.15) is 0 Å². The predicted octanol–water partition coefficient (Wildman–Crippen LogP) is 1.75. The lowest BCUT2D eigenvalue weighted by atomic mass is 10.0. The topological polar surface area (TPSA) is 49.3 Å². The van der Waals surface area contributed by atoms with E-state index in [1.165, 1.54) is 0 Å². The first-order valence-electron chi connectivity index (χ1n) is 6.10. The van der Waals surface area contributed by atoms with Gasteiger partial charge in [0.2, 0.25) is 9.47 Å². The number of aromatic nitrogens is 2. The van der Waals surface area contributed by atoms with Crippen LogP contribution in [0.15, 0.2) is 0 Å².